The smallest absolute Gasteiger partial charge is 0.329 e. The molecule has 0 radical (unpaired) electrons. The second-order valence-corrected chi connectivity index (χ2v) is 6.73. The van der Waals surface area contributed by atoms with Crippen molar-refractivity contribution in [2.45, 2.75) is 33.2 Å². The predicted octanol–water partition coefficient (Wildman–Crippen LogP) is 1.50. The number of aliphatic hydroxyl groups is 1. The summed E-state index contributed by atoms with van der Waals surface area (Å²) < 4.78 is 3.05. The third-order valence-corrected chi connectivity index (χ3v) is 4.28. The quantitative estimate of drug-likeness (QED) is 0.769. The van der Waals surface area contributed by atoms with E-state index in [1.165, 1.54) is 4.57 Å². The molecule has 0 aliphatic rings. The van der Waals surface area contributed by atoms with Crippen molar-refractivity contribution in [1.29, 1.82) is 0 Å². The Morgan fingerprint density at radius 1 is 1.25 bits per heavy atom. The van der Waals surface area contributed by atoms with E-state index in [1.54, 1.807) is 11.6 Å². The van der Waals surface area contributed by atoms with Gasteiger partial charge in [0.1, 0.15) is 6.54 Å². The summed E-state index contributed by atoms with van der Waals surface area (Å²) in [7, 11) is 1.71. The molecule has 1 atom stereocenters. The van der Waals surface area contributed by atoms with Crippen LogP contribution in [0.4, 0.5) is 0 Å². The van der Waals surface area contributed by atoms with Gasteiger partial charge in [-0.1, -0.05) is 26.0 Å². The number of amides is 1. The first kappa shape index (κ1) is 18.3. The van der Waals surface area contributed by atoms with Crippen LogP contribution in [0.5, 0.6) is 0 Å². The van der Waals surface area contributed by atoms with E-state index >= 15 is 0 Å². The topological polar surface area (TPSA) is 76.3 Å². The van der Waals surface area contributed by atoms with Gasteiger partial charge in [0.05, 0.1) is 11.0 Å². The van der Waals surface area contributed by atoms with Gasteiger partial charge in [0.15, 0.2) is 0 Å². The van der Waals surface area contributed by atoms with Crippen LogP contribution in [0.25, 0.3) is 11.0 Å². The summed E-state index contributed by atoms with van der Waals surface area (Å²) in [4.78, 5) is 24.6. The van der Waals surface area contributed by atoms with Crippen molar-refractivity contribution in [3.05, 3.63) is 34.7 Å². The zero-order valence-electron chi connectivity index (χ0n) is 14.7. The van der Waals surface area contributed by atoms with Crippen LogP contribution in [0.2, 0.25) is 0 Å². The van der Waals surface area contributed by atoms with Crippen LogP contribution in [0.15, 0.2) is 29.1 Å². The highest BCUT2D eigenvalue weighted by Crippen LogP contribution is 2.14. The molecule has 0 aliphatic heterocycles. The molecule has 2 aromatic rings. The van der Waals surface area contributed by atoms with Gasteiger partial charge in [-0.3, -0.25) is 13.9 Å². The third kappa shape index (κ3) is 4.26. The number of benzene rings is 1. The molecule has 0 fully saturated rings. The molecule has 1 heterocycles. The van der Waals surface area contributed by atoms with E-state index in [4.69, 9.17) is 5.11 Å². The molecule has 0 spiro atoms. The molecular formula is C18H27N3O3. The molecule has 1 unspecified atom stereocenters. The van der Waals surface area contributed by atoms with Crippen molar-refractivity contribution in [2.75, 3.05) is 13.2 Å². The first-order chi connectivity index (χ1) is 11.4. The normalized spacial score (nSPS) is 12.7. The average Bonchev–Trinajstić information content (AvgIpc) is 2.78. The van der Waals surface area contributed by atoms with Crippen LogP contribution in [0.1, 0.15) is 26.7 Å². The average molecular weight is 333 g/mol. The number of imidazole rings is 1. The molecule has 0 bridgehead atoms. The van der Waals surface area contributed by atoms with E-state index in [9.17, 15) is 9.59 Å². The fraction of sp³-hybridized carbons (Fsp3) is 0.556. The maximum atomic E-state index is 12.3. The Labute approximate surface area is 142 Å². The molecule has 1 amide bonds. The zero-order chi connectivity index (χ0) is 17.7. The standard InChI is InChI=1S/C18H27N3O3/c1-13(2)10-14(8-9-22)11-19-17(23)12-21-16-7-5-4-6-15(16)20(3)18(21)24/h4-7,13-14,22H,8-12H2,1-3H3,(H,19,23). The minimum Gasteiger partial charge on any atom is -0.396 e. The number of nitrogens with one attached hydrogen (secondary N) is 1. The number of rotatable bonds is 8. The highest BCUT2D eigenvalue weighted by molar-refractivity contribution is 5.80. The molecule has 2 rings (SSSR count). The summed E-state index contributed by atoms with van der Waals surface area (Å²) in [5.74, 6) is 0.586. The number of aliphatic hydroxyl groups excluding tert-OH is 1. The monoisotopic (exact) mass is 333 g/mol. The van der Waals surface area contributed by atoms with E-state index in [0.717, 1.165) is 17.5 Å². The van der Waals surface area contributed by atoms with Crippen molar-refractivity contribution in [2.24, 2.45) is 18.9 Å². The van der Waals surface area contributed by atoms with Gasteiger partial charge < -0.3 is 10.4 Å². The van der Waals surface area contributed by atoms with Crippen molar-refractivity contribution < 1.29 is 9.90 Å². The van der Waals surface area contributed by atoms with Crippen LogP contribution >= 0.6 is 0 Å². The van der Waals surface area contributed by atoms with E-state index in [0.29, 0.717) is 18.9 Å². The lowest BCUT2D eigenvalue weighted by Gasteiger charge is -2.18. The largest absolute Gasteiger partial charge is 0.396 e. The zero-order valence-corrected chi connectivity index (χ0v) is 14.7. The Morgan fingerprint density at radius 2 is 1.92 bits per heavy atom. The second-order valence-electron chi connectivity index (χ2n) is 6.73. The van der Waals surface area contributed by atoms with Crippen LogP contribution < -0.4 is 11.0 Å². The fourth-order valence-corrected chi connectivity index (χ4v) is 3.13. The molecule has 1 aromatic heterocycles. The summed E-state index contributed by atoms with van der Waals surface area (Å²) in [5.41, 5.74) is 1.38. The Morgan fingerprint density at radius 3 is 2.54 bits per heavy atom. The molecule has 2 N–H and O–H groups in total. The van der Waals surface area contributed by atoms with E-state index in [-0.39, 0.29) is 30.7 Å². The molecule has 1 aromatic carbocycles. The maximum absolute atomic E-state index is 12.3. The van der Waals surface area contributed by atoms with Gasteiger partial charge >= 0.3 is 5.69 Å². The summed E-state index contributed by atoms with van der Waals surface area (Å²) in [5, 5.41) is 12.1. The third-order valence-electron chi connectivity index (χ3n) is 4.28. The van der Waals surface area contributed by atoms with Gasteiger partial charge in [-0.15, -0.1) is 0 Å². The maximum Gasteiger partial charge on any atom is 0.329 e. The SMILES string of the molecule is CC(C)CC(CCO)CNC(=O)Cn1c(=O)n(C)c2ccccc21. The molecule has 24 heavy (non-hydrogen) atoms. The van der Waals surface area contributed by atoms with E-state index < -0.39 is 0 Å². The lowest BCUT2D eigenvalue weighted by atomic mass is 9.94. The van der Waals surface area contributed by atoms with Crippen molar-refractivity contribution in [1.82, 2.24) is 14.5 Å². The van der Waals surface area contributed by atoms with Crippen LogP contribution in [-0.2, 0) is 18.4 Å². The molecule has 6 heteroatoms. The first-order valence-electron chi connectivity index (χ1n) is 8.45. The summed E-state index contributed by atoms with van der Waals surface area (Å²) >= 11 is 0. The van der Waals surface area contributed by atoms with Gasteiger partial charge in [0, 0.05) is 20.2 Å². The molecule has 0 saturated heterocycles. The van der Waals surface area contributed by atoms with Gasteiger partial charge in [-0.2, -0.15) is 0 Å². The van der Waals surface area contributed by atoms with E-state index in [1.807, 2.05) is 24.3 Å². The van der Waals surface area contributed by atoms with Crippen LogP contribution in [0, 0.1) is 11.8 Å². The lowest BCUT2D eigenvalue weighted by molar-refractivity contribution is -0.121. The summed E-state index contributed by atoms with van der Waals surface area (Å²) in [6.45, 7) is 4.91. The van der Waals surface area contributed by atoms with Crippen molar-refractivity contribution >= 4 is 16.9 Å². The molecule has 132 valence electrons. The highest BCUT2D eigenvalue weighted by atomic mass is 16.3. The Balaban J connectivity index is 2.05. The minimum atomic E-state index is -0.194. The van der Waals surface area contributed by atoms with Crippen LogP contribution in [-0.4, -0.2) is 33.3 Å². The number of carbonyl (C=O) groups excluding carboxylic acids is 1. The lowest BCUT2D eigenvalue weighted by Crippen LogP contribution is -2.35. The summed E-state index contributed by atoms with van der Waals surface area (Å²) in [6.07, 6.45) is 1.63. The van der Waals surface area contributed by atoms with E-state index in [2.05, 4.69) is 19.2 Å². The fourth-order valence-electron chi connectivity index (χ4n) is 3.13. The van der Waals surface area contributed by atoms with Crippen LogP contribution in [0.3, 0.4) is 0 Å². The second kappa shape index (κ2) is 8.15. The number of carbonyl (C=O) groups is 1. The van der Waals surface area contributed by atoms with Crippen molar-refractivity contribution in [3.8, 4) is 0 Å². The number of fused-ring (bicyclic) bond motifs is 1. The Bertz CT molecular complexity index is 746. The minimum absolute atomic E-state index is 0.00765. The number of hydrogen-bond acceptors (Lipinski definition) is 3. The number of hydrogen-bond donors (Lipinski definition) is 2. The molecule has 6 nitrogen and oxygen atoms in total. The van der Waals surface area contributed by atoms with Gasteiger partial charge in [0.25, 0.3) is 0 Å². The number of para-hydroxylation sites is 2. The molecule has 0 aliphatic carbocycles. The van der Waals surface area contributed by atoms with Gasteiger partial charge in [-0.05, 0) is 36.8 Å². The Kier molecular flexibility index (Phi) is 6.20. The number of nitrogens with zero attached hydrogens (tertiary/aromatic N) is 2. The van der Waals surface area contributed by atoms with Gasteiger partial charge in [0.2, 0.25) is 5.91 Å². The first-order valence-corrected chi connectivity index (χ1v) is 8.45. The molecule has 0 saturated carbocycles. The number of aryl methyl sites for hydroxylation is 1. The van der Waals surface area contributed by atoms with Gasteiger partial charge in [-0.25, -0.2) is 4.79 Å². The molecular weight excluding hydrogens is 306 g/mol. The van der Waals surface area contributed by atoms with Crippen molar-refractivity contribution in [3.63, 3.8) is 0 Å². The number of aromatic nitrogens is 2. The predicted molar refractivity (Wildman–Crippen MR) is 94.8 cm³/mol. The highest BCUT2D eigenvalue weighted by Gasteiger charge is 2.15. The summed E-state index contributed by atoms with van der Waals surface area (Å²) in [6, 6.07) is 7.44. The Hall–Kier alpha value is -2.08.